The normalized spacial score (nSPS) is 15.6. The molecule has 0 radical (unpaired) electrons. The number of nitrogens with one attached hydrogen (secondary N) is 1. The largest absolute Gasteiger partial charge is 0.497 e. The Balaban J connectivity index is 1.41. The number of nitrogens with zero attached hydrogens (tertiary/aromatic N) is 4. The van der Waals surface area contributed by atoms with Crippen molar-refractivity contribution in [1.82, 2.24) is 20.2 Å². The Morgan fingerprint density at radius 3 is 2.60 bits per heavy atom. The number of hydrazone groups is 1. The van der Waals surface area contributed by atoms with Crippen LogP contribution in [-0.4, -0.2) is 44.7 Å². The van der Waals surface area contributed by atoms with Crippen LogP contribution in [-0.2, 0) is 4.79 Å². The molecule has 8 heteroatoms. The van der Waals surface area contributed by atoms with Crippen LogP contribution in [0, 0.1) is 0 Å². The Hall–Kier alpha value is -3.65. The van der Waals surface area contributed by atoms with E-state index in [4.69, 9.17) is 9.84 Å². The summed E-state index contributed by atoms with van der Waals surface area (Å²) >= 11 is 1.32. The molecule has 2 heterocycles. The molecule has 178 valence electrons. The van der Waals surface area contributed by atoms with Gasteiger partial charge in [-0.2, -0.15) is 5.10 Å². The third-order valence-electron chi connectivity index (χ3n) is 6.10. The van der Waals surface area contributed by atoms with Crippen LogP contribution in [0.2, 0.25) is 0 Å². The van der Waals surface area contributed by atoms with E-state index in [-0.39, 0.29) is 23.6 Å². The Morgan fingerprint density at radius 2 is 1.89 bits per heavy atom. The first-order valence-electron chi connectivity index (χ1n) is 11.6. The number of rotatable bonds is 7. The van der Waals surface area contributed by atoms with E-state index in [2.05, 4.69) is 45.5 Å². The minimum absolute atomic E-state index is 0.0810. The highest BCUT2D eigenvalue weighted by atomic mass is 32.2. The van der Waals surface area contributed by atoms with Gasteiger partial charge in [-0.3, -0.25) is 9.89 Å². The molecule has 1 N–H and O–H groups in total. The molecule has 1 unspecified atom stereocenters. The second-order valence-corrected chi connectivity index (χ2v) is 9.73. The maximum absolute atomic E-state index is 13.4. The van der Waals surface area contributed by atoms with E-state index >= 15 is 0 Å². The first-order chi connectivity index (χ1) is 17.0. The van der Waals surface area contributed by atoms with Gasteiger partial charge in [0, 0.05) is 12.3 Å². The first kappa shape index (κ1) is 23.1. The fourth-order valence-corrected chi connectivity index (χ4v) is 4.80. The van der Waals surface area contributed by atoms with Gasteiger partial charge in [0.15, 0.2) is 0 Å². The molecule has 1 amide bonds. The number of ether oxygens (including phenoxy) is 1. The molecule has 0 spiro atoms. The highest BCUT2D eigenvalue weighted by Gasteiger charge is 2.33. The van der Waals surface area contributed by atoms with Gasteiger partial charge >= 0.3 is 0 Å². The zero-order valence-electron chi connectivity index (χ0n) is 19.9. The number of aromatic nitrogens is 3. The fourth-order valence-electron chi connectivity index (χ4n) is 4.14. The number of carbonyl (C=O) groups is 1. The average molecular weight is 486 g/mol. The molecule has 1 aliphatic heterocycles. The summed E-state index contributed by atoms with van der Waals surface area (Å²) < 4.78 is 5.31. The highest BCUT2D eigenvalue weighted by Crippen LogP contribution is 2.35. The van der Waals surface area contributed by atoms with Gasteiger partial charge in [0.1, 0.15) is 11.6 Å². The summed E-state index contributed by atoms with van der Waals surface area (Å²) in [4.78, 5) is 17.8. The Kier molecular flexibility index (Phi) is 6.55. The number of benzene rings is 3. The van der Waals surface area contributed by atoms with Crippen LogP contribution in [0.3, 0.4) is 0 Å². The summed E-state index contributed by atoms with van der Waals surface area (Å²) in [5.74, 6) is 1.97. The Bertz CT molecular complexity index is 1380. The van der Waals surface area contributed by atoms with Gasteiger partial charge in [-0.15, -0.1) is 5.10 Å². The van der Waals surface area contributed by atoms with Crippen LogP contribution in [0.5, 0.6) is 5.75 Å². The minimum atomic E-state index is -0.186. The van der Waals surface area contributed by atoms with Gasteiger partial charge in [0.2, 0.25) is 5.16 Å². The number of hydrogen-bond acceptors (Lipinski definition) is 6. The molecule has 1 atom stereocenters. The van der Waals surface area contributed by atoms with Crippen molar-refractivity contribution in [2.24, 2.45) is 5.10 Å². The van der Waals surface area contributed by atoms with E-state index in [0.29, 0.717) is 11.6 Å². The molecule has 1 aromatic heterocycles. The smallest absolute Gasteiger partial charge is 0.253 e. The van der Waals surface area contributed by atoms with Crippen LogP contribution in [0.4, 0.5) is 0 Å². The van der Waals surface area contributed by atoms with E-state index in [1.165, 1.54) is 17.1 Å². The number of fused-ring (bicyclic) bond motifs is 1. The number of carbonyl (C=O) groups excluding carboxylic acids is 1. The maximum atomic E-state index is 13.4. The summed E-state index contributed by atoms with van der Waals surface area (Å²) in [5, 5.41) is 16.5. The second kappa shape index (κ2) is 9.92. The molecule has 4 aromatic rings. The molecule has 0 saturated carbocycles. The molecule has 5 rings (SSSR count). The number of amides is 1. The van der Waals surface area contributed by atoms with Gasteiger partial charge in [-0.1, -0.05) is 74.1 Å². The zero-order valence-corrected chi connectivity index (χ0v) is 20.7. The molecule has 0 saturated heterocycles. The van der Waals surface area contributed by atoms with Crippen molar-refractivity contribution in [2.75, 3.05) is 12.9 Å². The molecular weight excluding hydrogens is 458 g/mol. The predicted octanol–water partition coefficient (Wildman–Crippen LogP) is 5.56. The quantitative estimate of drug-likeness (QED) is 0.347. The average Bonchev–Trinajstić information content (AvgIpc) is 3.55. The molecule has 3 aromatic carbocycles. The summed E-state index contributed by atoms with van der Waals surface area (Å²) in [6.45, 7) is 4.10. The minimum Gasteiger partial charge on any atom is -0.497 e. The predicted molar refractivity (Wildman–Crippen MR) is 139 cm³/mol. The monoisotopic (exact) mass is 485 g/mol. The van der Waals surface area contributed by atoms with Crippen LogP contribution in [0.1, 0.15) is 49.2 Å². The first-order valence-corrected chi connectivity index (χ1v) is 12.6. The molecule has 0 aliphatic carbocycles. The summed E-state index contributed by atoms with van der Waals surface area (Å²) in [5.41, 5.74) is 2.94. The second-order valence-electron chi connectivity index (χ2n) is 8.79. The lowest BCUT2D eigenvalue weighted by Crippen LogP contribution is -2.28. The van der Waals surface area contributed by atoms with Gasteiger partial charge in [-0.05, 0) is 40.1 Å². The zero-order chi connectivity index (χ0) is 24.4. The van der Waals surface area contributed by atoms with Crippen LogP contribution in [0.15, 0.2) is 77.0 Å². The molecule has 35 heavy (non-hydrogen) atoms. The van der Waals surface area contributed by atoms with Gasteiger partial charge in [-0.25, -0.2) is 9.99 Å². The number of methoxy groups -OCH3 is 1. The van der Waals surface area contributed by atoms with Crippen molar-refractivity contribution in [3.63, 3.8) is 0 Å². The molecular formula is C27H27N5O2S. The molecule has 1 aliphatic rings. The maximum Gasteiger partial charge on any atom is 0.253 e. The van der Waals surface area contributed by atoms with E-state index in [1.54, 1.807) is 12.1 Å². The number of hydrogen-bond donors (Lipinski definition) is 1. The lowest BCUT2D eigenvalue weighted by molar-refractivity contribution is -0.130. The third kappa shape index (κ3) is 4.93. The van der Waals surface area contributed by atoms with Crippen LogP contribution >= 0.6 is 11.8 Å². The fraction of sp³-hybridized carbons (Fsp3) is 0.259. The van der Waals surface area contributed by atoms with Crippen LogP contribution < -0.4 is 4.74 Å². The van der Waals surface area contributed by atoms with Crippen molar-refractivity contribution in [2.45, 2.75) is 37.4 Å². The van der Waals surface area contributed by atoms with Crippen molar-refractivity contribution in [1.29, 1.82) is 0 Å². The molecule has 7 nitrogen and oxygen atoms in total. The van der Waals surface area contributed by atoms with Crippen LogP contribution in [0.25, 0.3) is 10.8 Å². The standard InChI is InChI=1S/C27H27N5O2S/c1-17(2)26-28-27(30-29-26)35-16-25(33)32-24(19-10-12-22(34-3)13-11-19)15-23(31-32)21-9-8-18-6-4-5-7-20(18)14-21/h4-14,17,24H,15-16H2,1-3H3,(H,28,29,30). The van der Waals surface area contributed by atoms with E-state index in [9.17, 15) is 4.79 Å². The molecule has 0 bridgehead atoms. The van der Waals surface area contributed by atoms with Crippen molar-refractivity contribution >= 4 is 34.2 Å². The summed E-state index contributed by atoms with van der Waals surface area (Å²) in [7, 11) is 1.65. The Morgan fingerprint density at radius 1 is 1.11 bits per heavy atom. The van der Waals surface area contributed by atoms with Crippen molar-refractivity contribution in [3.05, 3.63) is 83.7 Å². The summed E-state index contributed by atoms with van der Waals surface area (Å²) in [6.07, 6.45) is 0.638. The van der Waals surface area contributed by atoms with Gasteiger partial charge in [0.05, 0.1) is 24.6 Å². The molecule has 0 fully saturated rings. The Labute approximate surface area is 208 Å². The van der Waals surface area contributed by atoms with E-state index in [0.717, 1.165) is 33.8 Å². The SMILES string of the molecule is COc1ccc(C2CC(c3ccc4ccccc4c3)=NN2C(=O)CSc2n[nH]c(C(C)C)n2)cc1. The topological polar surface area (TPSA) is 83.5 Å². The van der Waals surface area contributed by atoms with Gasteiger partial charge in [0.25, 0.3) is 5.91 Å². The lowest BCUT2D eigenvalue weighted by Gasteiger charge is -2.22. The number of H-pyrrole nitrogens is 1. The lowest BCUT2D eigenvalue weighted by atomic mass is 9.97. The van der Waals surface area contributed by atoms with Gasteiger partial charge < -0.3 is 4.74 Å². The highest BCUT2D eigenvalue weighted by molar-refractivity contribution is 7.99. The third-order valence-corrected chi connectivity index (χ3v) is 6.94. The van der Waals surface area contributed by atoms with E-state index < -0.39 is 0 Å². The van der Waals surface area contributed by atoms with E-state index in [1.807, 2.05) is 50.2 Å². The van der Waals surface area contributed by atoms with Crippen molar-refractivity contribution in [3.8, 4) is 5.75 Å². The number of thioether (sulfide) groups is 1. The van der Waals surface area contributed by atoms with Crippen molar-refractivity contribution < 1.29 is 9.53 Å². The summed E-state index contributed by atoms with van der Waals surface area (Å²) in [6, 6.07) is 22.2. The number of aromatic amines is 1.